The summed E-state index contributed by atoms with van der Waals surface area (Å²) in [4.78, 5) is 12.3. The fourth-order valence-electron chi connectivity index (χ4n) is 2.18. The number of fused-ring (bicyclic) bond motifs is 1. The molecule has 0 saturated carbocycles. The van der Waals surface area contributed by atoms with Gasteiger partial charge in [0, 0.05) is 11.3 Å². The number of benzene rings is 2. The molecule has 3 rings (SSSR count). The number of rotatable bonds is 2. The van der Waals surface area contributed by atoms with Crippen molar-refractivity contribution in [2.24, 2.45) is 0 Å². The van der Waals surface area contributed by atoms with Gasteiger partial charge >= 0.3 is 0 Å². The van der Waals surface area contributed by atoms with Gasteiger partial charge in [0.1, 0.15) is 18.2 Å². The number of para-hydroxylation sites is 1. The Bertz CT molecular complexity index is 737. The second kappa shape index (κ2) is 5.40. The fraction of sp³-hybridized carbons (Fsp3) is 0.118. The van der Waals surface area contributed by atoms with Gasteiger partial charge in [-0.05, 0) is 36.8 Å². The molecule has 0 spiro atoms. The van der Waals surface area contributed by atoms with Crippen LogP contribution in [0.15, 0.2) is 48.0 Å². The molecule has 0 aliphatic carbocycles. The molecule has 1 aliphatic heterocycles. The molecule has 2 aromatic carbocycles. The number of halogens is 1. The van der Waals surface area contributed by atoms with Crippen molar-refractivity contribution in [1.29, 1.82) is 0 Å². The number of aryl methyl sites for hydroxylation is 1. The van der Waals surface area contributed by atoms with E-state index in [2.05, 4.69) is 5.32 Å². The first-order valence-electron chi connectivity index (χ1n) is 6.63. The quantitative estimate of drug-likeness (QED) is 0.915. The molecule has 0 unspecified atom stereocenters. The Balaban J connectivity index is 1.84. The predicted octanol–water partition coefficient (Wildman–Crippen LogP) is 3.55. The molecule has 1 amide bonds. The molecule has 0 saturated heterocycles. The van der Waals surface area contributed by atoms with Crippen LogP contribution in [0.3, 0.4) is 0 Å². The van der Waals surface area contributed by atoms with Gasteiger partial charge in [0.25, 0.3) is 5.91 Å². The second-order valence-corrected chi connectivity index (χ2v) is 4.91. The Morgan fingerprint density at radius 2 is 2.05 bits per heavy atom. The third-order valence-corrected chi connectivity index (χ3v) is 3.37. The molecular formula is C17H14FNO2. The van der Waals surface area contributed by atoms with E-state index in [0.717, 1.165) is 16.9 Å². The summed E-state index contributed by atoms with van der Waals surface area (Å²) in [7, 11) is 0. The van der Waals surface area contributed by atoms with Gasteiger partial charge in [0.15, 0.2) is 0 Å². The molecule has 4 heteroatoms. The molecule has 2 aromatic rings. The van der Waals surface area contributed by atoms with Gasteiger partial charge < -0.3 is 10.1 Å². The molecule has 106 valence electrons. The van der Waals surface area contributed by atoms with Crippen LogP contribution in [0.5, 0.6) is 5.75 Å². The Morgan fingerprint density at radius 3 is 2.90 bits per heavy atom. The summed E-state index contributed by atoms with van der Waals surface area (Å²) in [5.74, 6) is 0.101. The zero-order valence-corrected chi connectivity index (χ0v) is 11.5. The molecule has 0 aromatic heterocycles. The number of carbonyl (C=O) groups excluding carboxylic acids is 1. The lowest BCUT2D eigenvalue weighted by Crippen LogP contribution is -2.21. The first-order chi connectivity index (χ1) is 10.1. The molecule has 3 nitrogen and oxygen atoms in total. The minimum absolute atomic E-state index is 0.206. The first kappa shape index (κ1) is 13.4. The van der Waals surface area contributed by atoms with Crippen molar-refractivity contribution in [3.05, 3.63) is 65.0 Å². The average molecular weight is 283 g/mol. The van der Waals surface area contributed by atoms with Crippen LogP contribution in [0.2, 0.25) is 0 Å². The Hall–Kier alpha value is -2.62. The van der Waals surface area contributed by atoms with Crippen LogP contribution in [0.4, 0.5) is 10.1 Å². The van der Waals surface area contributed by atoms with Crippen LogP contribution < -0.4 is 10.1 Å². The Morgan fingerprint density at radius 1 is 1.24 bits per heavy atom. The highest BCUT2D eigenvalue weighted by molar-refractivity contribution is 6.07. The SMILES string of the molecule is Cc1ccc(F)cc1NC(=O)C1=Cc2ccccc2OC1. The molecular weight excluding hydrogens is 269 g/mol. The van der Waals surface area contributed by atoms with E-state index in [-0.39, 0.29) is 18.3 Å². The molecule has 21 heavy (non-hydrogen) atoms. The van der Waals surface area contributed by atoms with Crippen LogP contribution in [-0.2, 0) is 4.79 Å². The maximum atomic E-state index is 13.2. The van der Waals surface area contributed by atoms with Crippen molar-refractivity contribution >= 4 is 17.7 Å². The average Bonchev–Trinajstić information content (AvgIpc) is 2.50. The van der Waals surface area contributed by atoms with Gasteiger partial charge in [-0.3, -0.25) is 4.79 Å². The van der Waals surface area contributed by atoms with Gasteiger partial charge in [-0.1, -0.05) is 24.3 Å². The van der Waals surface area contributed by atoms with E-state index in [1.165, 1.54) is 12.1 Å². The largest absolute Gasteiger partial charge is 0.488 e. The lowest BCUT2D eigenvalue weighted by atomic mass is 10.1. The van der Waals surface area contributed by atoms with Crippen LogP contribution in [0, 0.1) is 12.7 Å². The minimum atomic E-state index is -0.380. The minimum Gasteiger partial charge on any atom is -0.488 e. The number of anilines is 1. The normalized spacial score (nSPS) is 13.0. The van der Waals surface area contributed by atoms with E-state index in [9.17, 15) is 9.18 Å². The topological polar surface area (TPSA) is 38.3 Å². The number of carbonyl (C=O) groups is 1. The van der Waals surface area contributed by atoms with E-state index in [0.29, 0.717) is 11.3 Å². The van der Waals surface area contributed by atoms with Crippen molar-refractivity contribution < 1.29 is 13.9 Å². The molecule has 1 N–H and O–H groups in total. The number of hydrogen-bond acceptors (Lipinski definition) is 2. The van der Waals surface area contributed by atoms with Crippen LogP contribution >= 0.6 is 0 Å². The first-order valence-corrected chi connectivity index (χ1v) is 6.63. The summed E-state index contributed by atoms with van der Waals surface area (Å²) in [6.07, 6.45) is 1.79. The smallest absolute Gasteiger partial charge is 0.255 e. The molecule has 1 heterocycles. The number of ether oxygens (including phenoxy) is 1. The standard InChI is InChI=1S/C17H14FNO2/c1-11-6-7-14(18)9-15(11)19-17(20)13-8-12-4-2-3-5-16(12)21-10-13/h2-9H,10H2,1H3,(H,19,20). The van der Waals surface area contributed by atoms with Gasteiger partial charge in [-0.2, -0.15) is 0 Å². The van der Waals surface area contributed by atoms with Crippen LogP contribution in [-0.4, -0.2) is 12.5 Å². The van der Waals surface area contributed by atoms with Gasteiger partial charge in [0.05, 0.1) is 5.57 Å². The van der Waals surface area contributed by atoms with E-state index >= 15 is 0 Å². The zero-order valence-electron chi connectivity index (χ0n) is 11.5. The maximum Gasteiger partial charge on any atom is 0.255 e. The summed E-state index contributed by atoms with van der Waals surface area (Å²) in [6.45, 7) is 2.02. The van der Waals surface area contributed by atoms with Crippen molar-refractivity contribution in [1.82, 2.24) is 0 Å². The van der Waals surface area contributed by atoms with Crippen LogP contribution in [0.25, 0.3) is 6.08 Å². The Kier molecular flexibility index (Phi) is 3.44. The molecule has 0 radical (unpaired) electrons. The molecule has 0 atom stereocenters. The summed E-state index contributed by atoms with van der Waals surface area (Å²) in [5, 5.41) is 2.72. The number of hydrogen-bond donors (Lipinski definition) is 1. The molecule has 0 fully saturated rings. The van der Waals surface area contributed by atoms with Gasteiger partial charge in [-0.25, -0.2) is 4.39 Å². The van der Waals surface area contributed by atoms with Crippen molar-refractivity contribution in [3.63, 3.8) is 0 Å². The summed E-state index contributed by atoms with van der Waals surface area (Å²) >= 11 is 0. The highest BCUT2D eigenvalue weighted by Crippen LogP contribution is 2.26. The van der Waals surface area contributed by atoms with Crippen molar-refractivity contribution in [2.45, 2.75) is 6.92 Å². The van der Waals surface area contributed by atoms with Gasteiger partial charge in [-0.15, -0.1) is 0 Å². The highest BCUT2D eigenvalue weighted by atomic mass is 19.1. The summed E-state index contributed by atoms with van der Waals surface area (Å²) < 4.78 is 18.8. The van der Waals surface area contributed by atoms with E-state index in [4.69, 9.17) is 4.74 Å². The van der Waals surface area contributed by atoms with Gasteiger partial charge in [0.2, 0.25) is 0 Å². The lowest BCUT2D eigenvalue weighted by Gasteiger charge is -2.18. The monoisotopic (exact) mass is 283 g/mol. The highest BCUT2D eigenvalue weighted by Gasteiger charge is 2.17. The number of amides is 1. The van der Waals surface area contributed by atoms with Crippen LogP contribution in [0.1, 0.15) is 11.1 Å². The predicted molar refractivity (Wildman–Crippen MR) is 79.7 cm³/mol. The van der Waals surface area contributed by atoms with E-state index in [1.807, 2.05) is 31.2 Å². The third-order valence-electron chi connectivity index (χ3n) is 3.37. The Labute approximate surface area is 122 Å². The summed E-state index contributed by atoms with van der Waals surface area (Å²) in [5.41, 5.74) is 2.66. The molecule has 0 bridgehead atoms. The van der Waals surface area contributed by atoms with Crippen molar-refractivity contribution in [2.75, 3.05) is 11.9 Å². The summed E-state index contributed by atoms with van der Waals surface area (Å²) in [6, 6.07) is 11.8. The molecule has 1 aliphatic rings. The van der Waals surface area contributed by atoms with Crippen molar-refractivity contribution in [3.8, 4) is 5.75 Å². The van der Waals surface area contributed by atoms with E-state index in [1.54, 1.807) is 12.1 Å². The maximum absolute atomic E-state index is 13.2. The number of nitrogens with one attached hydrogen (secondary N) is 1. The fourth-order valence-corrected chi connectivity index (χ4v) is 2.18. The lowest BCUT2D eigenvalue weighted by molar-refractivity contribution is -0.113. The second-order valence-electron chi connectivity index (χ2n) is 4.91. The third kappa shape index (κ3) is 2.79. The zero-order chi connectivity index (χ0) is 14.8. The van der Waals surface area contributed by atoms with E-state index < -0.39 is 0 Å².